The van der Waals surface area contributed by atoms with Gasteiger partial charge in [0.05, 0.1) is 0 Å². The Kier molecular flexibility index (Phi) is 3.97. The van der Waals surface area contributed by atoms with Gasteiger partial charge in [-0.2, -0.15) is 0 Å². The molecule has 19 heavy (non-hydrogen) atoms. The molecule has 6 heteroatoms. The van der Waals surface area contributed by atoms with E-state index in [1.165, 1.54) is 24.3 Å². The maximum absolute atomic E-state index is 12.7. The third kappa shape index (κ3) is 3.66. The third-order valence-electron chi connectivity index (χ3n) is 2.44. The van der Waals surface area contributed by atoms with Crippen LogP contribution < -0.4 is 11.1 Å². The molecule has 1 heterocycles. The van der Waals surface area contributed by atoms with Crippen LogP contribution in [-0.2, 0) is 6.54 Å². The molecule has 2 rings (SSSR count). The fourth-order valence-corrected chi connectivity index (χ4v) is 1.75. The average molecular weight is 280 g/mol. The van der Waals surface area contributed by atoms with Crippen LogP contribution in [0.1, 0.15) is 15.9 Å². The van der Waals surface area contributed by atoms with Gasteiger partial charge in [0.15, 0.2) is 0 Å². The van der Waals surface area contributed by atoms with E-state index in [-0.39, 0.29) is 22.7 Å². The maximum Gasteiger partial charge on any atom is 0.251 e. The summed E-state index contributed by atoms with van der Waals surface area (Å²) in [7, 11) is 0. The maximum atomic E-state index is 12.7. The lowest BCUT2D eigenvalue weighted by Gasteiger charge is -2.06. The molecule has 1 amide bonds. The first-order valence-electron chi connectivity index (χ1n) is 5.50. The molecule has 0 atom stereocenters. The normalized spacial score (nSPS) is 10.2. The van der Waals surface area contributed by atoms with Crippen LogP contribution in [0.2, 0.25) is 5.15 Å². The topological polar surface area (TPSA) is 68.0 Å². The number of halogens is 2. The Labute approximate surface area is 114 Å². The lowest BCUT2D eigenvalue weighted by Crippen LogP contribution is -2.23. The summed E-state index contributed by atoms with van der Waals surface area (Å²) >= 11 is 5.72. The number of aromatic nitrogens is 1. The Hall–Kier alpha value is -2.14. The second-order valence-electron chi connectivity index (χ2n) is 3.91. The Bertz CT molecular complexity index is 581. The SMILES string of the molecule is Nc1cc(C(=O)NCc2ccc(F)cc2)cc(Cl)n1. The van der Waals surface area contributed by atoms with Crippen LogP contribution in [0.15, 0.2) is 36.4 Å². The van der Waals surface area contributed by atoms with Crippen molar-refractivity contribution >= 4 is 23.3 Å². The summed E-state index contributed by atoms with van der Waals surface area (Å²) in [5.74, 6) is -0.455. The second kappa shape index (κ2) is 5.67. The van der Waals surface area contributed by atoms with Crippen molar-refractivity contribution in [2.24, 2.45) is 0 Å². The number of nitrogens with one attached hydrogen (secondary N) is 1. The van der Waals surface area contributed by atoms with Gasteiger partial charge in [-0.15, -0.1) is 0 Å². The number of hydrogen-bond acceptors (Lipinski definition) is 3. The average Bonchev–Trinajstić information content (AvgIpc) is 2.36. The van der Waals surface area contributed by atoms with E-state index in [0.717, 1.165) is 5.56 Å². The van der Waals surface area contributed by atoms with Crippen molar-refractivity contribution < 1.29 is 9.18 Å². The second-order valence-corrected chi connectivity index (χ2v) is 4.30. The van der Waals surface area contributed by atoms with Gasteiger partial charge in [0, 0.05) is 12.1 Å². The van der Waals surface area contributed by atoms with Gasteiger partial charge < -0.3 is 11.1 Å². The van der Waals surface area contributed by atoms with E-state index in [4.69, 9.17) is 17.3 Å². The van der Waals surface area contributed by atoms with E-state index < -0.39 is 0 Å². The smallest absolute Gasteiger partial charge is 0.251 e. The monoisotopic (exact) mass is 279 g/mol. The predicted octanol–water partition coefficient (Wildman–Crippen LogP) is 2.39. The van der Waals surface area contributed by atoms with Gasteiger partial charge in [-0.1, -0.05) is 23.7 Å². The Morgan fingerprint density at radius 3 is 2.63 bits per heavy atom. The number of anilines is 1. The highest BCUT2D eigenvalue weighted by Crippen LogP contribution is 2.12. The highest BCUT2D eigenvalue weighted by atomic mass is 35.5. The summed E-state index contributed by atoms with van der Waals surface area (Å²) < 4.78 is 12.7. The molecule has 0 aliphatic rings. The minimum absolute atomic E-state index is 0.159. The van der Waals surface area contributed by atoms with Crippen molar-refractivity contribution in [1.29, 1.82) is 0 Å². The summed E-state index contributed by atoms with van der Waals surface area (Å²) in [4.78, 5) is 15.6. The number of carbonyl (C=O) groups is 1. The van der Waals surface area contributed by atoms with Crippen molar-refractivity contribution in [2.45, 2.75) is 6.54 Å². The molecule has 2 aromatic rings. The minimum atomic E-state index is -0.319. The van der Waals surface area contributed by atoms with E-state index >= 15 is 0 Å². The first kappa shape index (κ1) is 13.3. The van der Waals surface area contributed by atoms with Crippen molar-refractivity contribution in [2.75, 3.05) is 5.73 Å². The lowest BCUT2D eigenvalue weighted by molar-refractivity contribution is 0.0951. The number of nitrogens with zero attached hydrogens (tertiary/aromatic N) is 1. The summed E-state index contributed by atoms with van der Waals surface area (Å²) in [5, 5.41) is 2.84. The summed E-state index contributed by atoms with van der Waals surface area (Å²) in [6, 6.07) is 8.74. The molecule has 0 saturated carbocycles. The predicted molar refractivity (Wildman–Crippen MR) is 71.2 cm³/mol. The zero-order valence-corrected chi connectivity index (χ0v) is 10.6. The molecule has 0 aliphatic heterocycles. The zero-order chi connectivity index (χ0) is 13.8. The molecule has 0 bridgehead atoms. The highest BCUT2D eigenvalue weighted by Gasteiger charge is 2.08. The molecule has 98 valence electrons. The molecule has 0 aliphatic carbocycles. The van der Waals surface area contributed by atoms with Crippen LogP contribution in [0.25, 0.3) is 0 Å². The molecular formula is C13H11ClFN3O. The summed E-state index contributed by atoms with van der Waals surface area (Å²) in [5.41, 5.74) is 6.63. The Balaban J connectivity index is 2.03. The van der Waals surface area contributed by atoms with Crippen LogP contribution in [0.5, 0.6) is 0 Å². The van der Waals surface area contributed by atoms with Crippen molar-refractivity contribution in [3.05, 3.63) is 58.5 Å². The van der Waals surface area contributed by atoms with Gasteiger partial charge in [0.2, 0.25) is 0 Å². The minimum Gasteiger partial charge on any atom is -0.384 e. The Morgan fingerprint density at radius 2 is 2.00 bits per heavy atom. The number of pyridine rings is 1. The number of nitrogen functional groups attached to an aromatic ring is 1. The molecule has 1 aromatic heterocycles. The first-order valence-corrected chi connectivity index (χ1v) is 5.88. The number of carbonyl (C=O) groups excluding carboxylic acids is 1. The van der Waals surface area contributed by atoms with Gasteiger partial charge in [-0.25, -0.2) is 9.37 Å². The molecule has 0 fully saturated rings. The fourth-order valence-electron chi connectivity index (χ4n) is 1.53. The van der Waals surface area contributed by atoms with E-state index in [1.807, 2.05) is 0 Å². The van der Waals surface area contributed by atoms with Gasteiger partial charge in [-0.05, 0) is 29.8 Å². The number of benzene rings is 1. The largest absolute Gasteiger partial charge is 0.384 e. The third-order valence-corrected chi connectivity index (χ3v) is 2.64. The van der Waals surface area contributed by atoms with E-state index in [9.17, 15) is 9.18 Å². The van der Waals surface area contributed by atoms with Crippen LogP contribution >= 0.6 is 11.6 Å². The van der Waals surface area contributed by atoms with Crippen LogP contribution in [0.3, 0.4) is 0 Å². The molecular weight excluding hydrogens is 269 g/mol. The van der Waals surface area contributed by atoms with Crippen LogP contribution in [0.4, 0.5) is 10.2 Å². The molecule has 1 aromatic carbocycles. The van der Waals surface area contributed by atoms with E-state index in [0.29, 0.717) is 12.1 Å². The summed E-state index contributed by atoms with van der Waals surface area (Å²) in [6.07, 6.45) is 0. The molecule has 0 unspecified atom stereocenters. The van der Waals surface area contributed by atoms with Crippen LogP contribution in [-0.4, -0.2) is 10.9 Å². The first-order chi connectivity index (χ1) is 9.04. The van der Waals surface area contributed by atoms with E-state index in [2.05, 4.69) is 10.3 Å². The number of amides is 1. The van der Waals surface area contributed by atoms with Gasteiger partial charge in [0.25, 0.3) is 5.91 Å². The quantitative estimate of drug-likeness (QED) is 0.848. The van der Waals surface area contributed by atoms with E-state index in [1.54, 1.807) is 12.1 Å². The van der Waals surface area contributed by atoms with Crippen LogP contribution in [0, 0.1) is 5.82 Å². The molecule has 3 N–H and O–H groups in total. The Morgan fingerprint density at radius 1 is 1.32 bits per heavy atom. The fraction of sp³-hybridized carbons (Fsp3) is 0.0769. The number of hydrogen-bond donors (Lipinski definition) is 2. The standard InChI is InChI=1S/C13H11ClFN3O/c14-11-5-9(6-12(16)18-11)13(19)17-7-8-1-3-10(15)4-2-8/h1-6H,7H2,(H2,16,18)(H,17,19). The number of nitrogens with two attached hydrogens (primary N) is 1. The number of rotatable bonds is 3. The van der Waals surface area contributed by atoms with Crippen molar-refractivity contribution in [3.63, 3.8) is 0 Å². The molecule has 0 radical (unpaired) electrons. The molecule has 0 saturated heterocycles. The lowest BCUT2D eigenvalue weighted by atomic mass is 10.2. The summed E-state index contributed by atoms with van der Waals surface area (Å²) in [6.45, 7) is 0.291. The zero-order valence-electron chi connectivity index (χ0n) is 9.86. The molecule has 4 nitrogen and oxygen atoms in total. The molecule has 0 spiro atoms. The highest BCUT2D eigenvalue weighted by molar-refractivity contribution is 6.29. The van der Waals surface area contributed by atoms with Gasteiger partial charge >= 0.3 is 0 Å². The van der Waals surface area contributed by atoms with Gasteiger partial charge in [0.1, 0.15) is 16.8 Å². The van der Waals surface area contributed by atoms with Crippen molar-refractivity contribution in [1.82, 2.24) is 10.3 Å². The van der Waals surface area contributed by atoms with Crippen molar-refractivity contribution in [3.8, 4) is 0 Å². The van der Waals surface area contributed by atoms with Gasteiger partial charge in [-0.3, -0.25) is 4.79 Å².